The maximum atomic E-state index is 10.5. The zero-order valence-corrected chi connectivity index (χ0v) is 10.7. The van der Waals surface area contributed by atoms with E-state index in [1.165, 1.54) is 19.3 Å². The van der Waals surface area contributed by atoms with Crippen molar-refractivity contribution < 1.29 is 9.84 Å². The highest BCUT2D eigenvalue weighted by Gasteiger charge is 2.35. The van der Waals surface area contributed by atoms with Crippen LogP contribution in [0.25, 0.3) is 0 Å². The first-order chi connectivity index (χ1) is 7.49. The molecule has 0 spiro atoms. The summed E-state index contributed by atoms with van der Waals surface area (Å²) in [5.74, 6) is 0. The van der Waals surface area contributed by atoms with Crippen LogP contribution < -0.4 is 0 Å². The average molecular weight is 227 g/mol. The van der Waals surface area contributed by atoms with Crippen LogP contribution in [0, 0.1) is 0 Å². The van der Waals surface area contributed by atoms with Crippen LogP contribution in [0.1, 0.15) is 46.0 Å². The van der Waals surface area contributed by atoms with Gasteiger partial charge in [-0.2, -0.15) is 0 Å². The Labute approximate surface area is 98.8 Å². The van der Waals surface area contributed by atoms with Crippen LogP contribution >= 0.6 is 0 Å². The van der Waals surface area contributed by atoms with Crippen LogP contribution in [-0.2, 0) is 4.74 Å². The van der Waals surface area contributed by atoms with E-state index < -0.39 is 5.60 Å². The normalized spacial score (nSPS) is 30.2. The van der Waals surface area contributed by atoms with Crippen molar-refractivity contribution in [3.05, 3.63) is 0 Å². The molecule has 2 rings (SSSR count). The Morgan fingerprint density at radius 2 is 1.88 bits per heavy atom. The van der Waals surface area contributed by atoms with E-state index in [1.54, 1.807) is 0 Å². The summed E-state index contributed by atoms with van der Waals surface area (Å²) in [5.41, 5.74) is -0.477. The highest BCUT2D eigenvalue weighted by atomic mass is 16.5. The molecule has 0 aromatic rings. The summed E-state index contributed by atoms with van der Waals surface area (Å²) in [7, 11) is 0. The largest absolute Gasteiger partial charge is 0.389 e. The molecule has 1 N–H and O–H groups in total. The fraction of sp³-hybridized carbons (Fsp3) is 1.00. The SMILES string of the molecule is CC1(C)CN(CC2(O)CCCCC2)CCO1. The fourth-order valence-electron chi connectivity index (χ4n) is 3.03. The third-order valence-electron chi connectivity index (χ3n) is 3.81. The second-order valence-electron chi connectivity index (χ2n) is 6.10. The summed E-state index contributed by atoms with van der Waals surface area (Å²) in [6, 6.07) is 0. The molecule has 3 heteroatoms. The number of hydrogen-bond donors (Lipinski definition) is 1. The van der Waals surface area contributed by atoms with Crippen molar-refractivity contribution in [2.24, 2.45) is 0 Å². The number of ether oxygens (including phenoxy) is 1. The van der Waals surface area contributed by atoms with Crippen molar-refractivity contribution in [1.82, 2.24) is 4.90 Å². The van der Waals surface area contributed by atoms with Gasteiger partial charge in [-0.25, -0.2) is 0 Å². The summed E-state index contributed by atoms with van der Waals surface area (Å²) in [4.78, 5) is 2.37. The van der Waals surface area contributed by atoms with E-state index in [0.717, 1.165) is 39.1 Å². The van der Waals surface area contributed by atoms with Crippen molar-refractivity contribution in [2.75, 3.05) is 26.2 Å². The number of hydrogen-bond acceptors (Lipinski definition) is 3. The first-order valence-electron chi connectivity index (χ1n) is 6.58. The number of aliphatic hydroxyl groups is 1. The molecule has 1 aliphatic carbocycles. The molecule has 1 heterocycles. The Morgan fingerprint density at radius 1 is 1.19 bits per heavy atom. The molecule has 0 radical (unpaired) electrons. The van der Waals surface area contributed by atoms with E-state index >= 15 is 0 Å². The Kier molecular flexibility index (Phi) is 3.57. The first-order valence-corrected chi connectivity index (χ1v) is 6.58. The monoisotopic (exact) mass is 227 g/mol. The lowest BCUT2D eigenvalue weighted by molar-refractivity contribution is -0.111. The van der Waals surface area contributed by atoms with Crippen LogP contribution in [0.5, 0.6) is 0 Å². The summed E-state index contributed by atoms with van der Waals surface area (Å²) >= 11 is 0. The van der Waals surface area contributed by atoms with Gasteiger partial charge in [0.25, 0.3) is 0 Å². The average Bonchev–Trinajstić information content (AvgIpc) is 2.16. The predicted molar refractivity (Wildman–Crippen MR) is 64.5 cm³/mol. The van der Waals surface area contributed by atoms with Crippen LogP contribution in [0.3, 0.4) is 0 Å². The van der Waals surface area contributed by atoms with E-state index in [9.17, 15) is 5.11 Å². The standard InChI is InChI=1S/C13H25NO2/c1-12(2)10-14(8-9-16-12)11-13(15)6-4-3-5-7-13/h15H,3-11H2,1-2H3. The van der Waals surface area contributed by atoms with Gasteiger partial charge in [0.05, 0.1) is 17.8 Å². The quantitative estimate of drug-likeness (QED) is 0.780. The summed E-state index contributed by atoms with van der Waals surface area (Å²) < 4.78 is 5.69. The molecule has 0 aromatic carbocycles. The molecule has 0 aromatic heterocycles. The smallest absolute Gasteiger partial charge is 0.0774 e. The van der Waals surface area contributed by atoms with Crippen LogP contribution in [0.2, 0.25) is 0 Å². The third-order valence-corrected chi connectivity index (χ3v) is 3.81. The molecule has 1 saturated heterocycles. The Hall–Kier alpha value is -0.120. The van der Waals surface area contributed by atoms with Gasteiger partial charge in [-0.1, -0.05) is 19.3 Å². The predicted octanol–water partition coefficient (Wildman–Crippen LogP) is 1.79. The Bertz CT molecular complexity index is 234. The van der Waals surface area contributed by atoms with E-state index in [0.29, 0.717) is 0 Å². The molecule has 0 atom stereocenters. The Morgan fingerprint density at radius 3 is 2.50 bits per heavy atom. The number of nitrogens with zero attached hydrogens (tertiary/aromatic N) is 1. The van der Waals surface area contributed by atoms with Gasteiger partial charge in [0.2, 0.25) is 0 Å². The zero-order valence-electron chi connectivity index (χ0n) is 10.7. The molecular formula is C13H25NO2. The highest BCUT2D eigenvalue weighted by molar-refractivity contribution is 4.88. The van der Waals surface area contributed by atoms with Crippen molar-refractivity contribution in [2.45, 2.75) is 57.2 Å². The van der Waals surface area contributed by atoms with Crippen LogP contribution in [0.15, 0.2) is 0 Å². The van der Waals surface area contributed by atoms with Gasteiger partial charge in [-0.3, -0.25) is 4.90 Å². The first kappa shape index (κ1) is 12.3. The maximum Gasteiger partial charge on any atom is 0.0774 e. The lowest BCUT2D eigenvalue weighted by atomic mass is 9.84. The number of morpholine rings is 1. The van der Waals surface area contributed by atoms with Gasteiger partial charge in [0.15, 0.2) is 0 Å². The molecule has 2 aliphatic rings. The molecule has 1 aliphatic heterocycles. The maximum absolute atomic E-state index is 10.5. The van der Waals surface area contributed by atoms with E-state index in [1.807, 2.05) is 0 Å². The number of rotatable bonds is 2. The summed E-state index contributed by atoms with van der Waals surface area (Å²) in [6.07, 6.45) is 5.61. The molecule has 94 valence electrons. The lowest BCUT2D eigenvalue weighted by Crippen LogP contribution is -2.53. The second-order valence-corrected chi connectivity index (χ2v) is 6.10. The van der Waals surface area contributed by atoms with Crippen molar-refractivity contribution in [3.63, 3.8) is 0 Å². The topological polar surface area (TPSA) is 32.7 Å². The molecule has 0 unspecified atom stereocenters. The van der Waals surface area contributed by atoms with Crippen LogP contribution in [0.4, 0.5) is 0 Å². The minimum Gasteiger partial charge on any atom is -0.389 e. The fourth-order valence-corrected chi connectivity index (χ4v) is 3.03. The number of β-amino-alcohol motifs (C(OH)–C–C–N with tert-alkyl or cyclic N) is 1. The summed E-state index contributed by atoms with van der Waals surface area (Å²) in [5, 5.41) is 10.5. The van der Waals surface area contributed by atoms with Crippen molar-refractivity contribution >= 4 is 0 Å². The molecule has 0 bridgehead atoms. The molecule has 1 saturated carbocycles. The van der Waals surface area contributed by atoms with E-state index in [2.05, 4.69) is 18.7 Å². The lowest BCUT2D eigenvalue weighted by Gasteiger charge is -2.43. The van der Waals surface area contributed by atoms with Crippen molar-refractivity contribution in [3.8, 4) is 0 Å². The minimum absolute atomic E-state index is 0.0523. The van der Waals surface area contributed by atoms with Gasteiger partial charge in [0, 0.05) is 19.6 Å². The zero-order chi connectivity index (χ0) is 11.6. The van der Waals surface area contributed by atoms with Gasteiger partial charge in [-0.05, 0) is 26.7 Å². The van der Waals surface area contributed by atoms with E-state index in [-0.39, 0.29) is 5.60 Å². The highest BCUT2D eigenvalue weighted by Crippen LogP contribution is 2.30. The molecular weight excluding hydrogens is 202 g/mol. The summed E-state index contributed by atoms with van der Waals surface area (Å²) in [6.45, 7) is 7.79. The van der Waals surface area contributed by atoms with Gasteiger partial charge in [-0.15, -0.1) is 0 Å². The second kappa shape index (κ2) is 4.63. The van der Waals surface area contributed by atoms with E-state index in [4.69, 9.17) is 4.74 Å². The van der Waals surface area contributed by atoms with Gasteiger partial charge in [0.1, 0.15) is 0 Å². The Balaban J connectivity index is 1.88. The molecule has 2 fully saturated rings. The molecule has 0 amide bonds. The molecule has 3 nitrogen and oxygen atoms in total. The minimum atomic E-state index is -0.425. The van der Waals surface area contributed by atoms with Gasteiger partial charge < -0.3 is 9.84 Å². The molecule has 16 heavy (non-hydrogen) atoms. The van der Waals surface area contributed by atoms with Crippen molar-refractivity contribution in [1.29, 1.82) is 0 Å². The van der Waals surface area contributed by atoms with Gasteiger partial charge >= 0.3 is 0 Å². The third kappa shape index (κ3) is 3.19. The van der Waals surface area contributed by atoms with Crippen LogP contribution in [-0.4, -0.2) is 47.4 Å².